The molecule has 9 heteroatoms. The summed E-state index contributed by atoms with van der Waals surface area (Å²) in [6.07, 6.45) is 1.10. The van der Waals surface area contributed by atoms with Crippen LogP contribution in [0.1, 0.15) is 36.5 Å². The summed E-state index contributed by atoms with van der Waals surface area (Å²) < 4.78 is 13.1. The molecular weight excluding hydrogens is 439 g/mol. The molecule has 2 aromatic carbocycles. The lowest BCUT2D eigenvalue weighted by Gasteiger charge is -2.30. The van der Waals surface area contributed by atoms with Gasteiger partial charge in [0.25, 0.3) is 0 Å². The highest BCUT2D eigenvalue weighted by Crippen LogP contribution is 2.30. The largest absolute Gasteiger partial charge is 0.350 e. The van der Waals surface area contributed by atoms with Crippen LogP contribution in [-0.2, 0) is 38.6 Å². The lowest BCUT2D eigenvalue weighted by molar-refractivity contribution is -0.135. The first-order valence-electron chi connectivity index (χ1n) is 10.9. The molecule has 1 atom stereocenters. The average molecular weight is 467 g/mol. The number of rotatable bonds is 10. The quantitative estimate of drug-likeness (QED) is 0.397. The van der Waals surface area contributed by atoms with E-state index in [1.165, 1.54) is 31.2 Å². The molecule has 4 N–H and O–H groups in total. The summed E-state index contributed by atoms with van der Waals surface area (Å²) in [5.41, 5.74) is 1.28. The molecule has 0 fully saturated rings. The molecule has 0 unspecified atom stereocenters. The van der Waals surface area contributed by atoms with Crippen molar-refractivity contribution in [3.8, 4) is 0 Å². The van der Waals surface area contributed by atoms with Crippen molar-refractivity contribution in [1.82, 2.24) is 16.0 Å². The van der Waals surface area contributed by atoms with Crippen LogP contribution in [0.2, 0.25) is 0 Å². The maximum absolute atomic E-state index is 13.4. The Morgan fingerprint density at radius 2 is 1.68 bits per heavy atom. The third kappa shape index (κ3) is 6.12. The van der Waals surface area contributed by atoms with Gasteiger partial charge in [-0.25, -0.2) is 4.39 Å². The maximum atomic E-state index is 13.4. The van der Waals surface area contributed by atoms with Gasteiger partial charge in [-0.05, 0) is 35.2 Å². The number of fused-ring (bicyclic) bond motifs is 1. The molecule has 1 aliphatic rings. The van der Waals surface area contributed by atoms with Gasteiger partial charge in [-0.3, -0.25) is 19.2 Å². The Labute approximate surface area is 196 Å². The van der Waals surface area contributed by atoms with E-state index in [-0.39, 0.29) is 38.1 Å². The van der Waals surface area contributed by atoms with Gasteiger partial charge in [0.2, 0.25) is 17.7 Å². The summed E-state index contributed by atoms with van der Waals surface area (Å²) >= 11 is 0. The fraction of sp³-hybridized carbons (Fsp3) is 0.320. The van der Waals surface area contributed by atoms with Crippen molar-refractivity contribution >= 4 is 29.7 Å². The zero-order chi connectivity index (χ0) is 24.7. The van der Waals surface area contributed by atoms with Gasteiger partial charge < -0.3 is 21.4 Å². The maximum Gasteiger partial charge on any atom is 0.247 e. The second-order valence-corrected chi connectivity index (χ2v) is 8.41. The lowest BCUT2D eigenvalue weighted by atomic mass is 9.93. The third-order valence-electron chi connectivity index (χ3n) is 5.80. The van der Waals surface area contributed by atoms with Crippen LogP contribution < -0.4 is 16.0 Å². The molecule has 0 heterocycles. The molecule has 0 saturated carbocycles. The Bertz CT molecular complexity index is 1080. The first kappa shape index (κ1) is 24.8. The molecule has 0 spiro atoms. The fourth-order valence-electron chi connectivity index (χ4n) is 4.10. The monoisotopic (exact) mass is 466 g/mol. The Morgan fingerprint density at radius 1 is 1.06 bits per heavy atom. The van der Waals surface area contributed by atoms with Crippen LogP contribution in [0.3, 0.4) is 0 Å². The predicted octanol–water partition coefficient (Wildman–Crippen LogP) is 1.60. The van der Waals surface area contributed by atoms with Crippen molar-refractivity contribution in [2.75, 3.05) is 0 Å². The minimum absolute atomic E-state index is 0.0156. The highest BCUT2D eigenvalue weighted by Gasteiger charge is 2.45. The number of carbonyl (C=O) groups excluding carboxylic acids is 4. The second kappa shape index (κ2) is 10.8. The Hall–Kier alpha value is -3.88. The molecular formula is C25H27FN4O4. The van der Waals surface area contributed by atoms with E-state index >= 15 is 0 Å². The van der Waals surface area contributed by atoms with Crippen LogP contribution in [0.5, 0.6) is 0 Å². The normalized spacial score (nSPS) is 14.4. The fourth-order valence-corrected chi connectivity index (χ4v) is 4.10. The summed E-state index contributed by atoms with van der Waals surface area (Å²) in [6.45, 7) is 1.43. The Balaban J connectivity index is 1.76. The van der Waals surface area contributed by atoms with Crippen LogP contribution in [0.15, 0.2) is 48.5 Å². The van der Waals surface area contributed by atoms with E-state index in [4.69, 9.17) is 5.41 Å². The number of benzene rings is 2. The third-order valence-corrected chi connectivity index (χ3v) is 5.80. The minimum Gasteiger partial charge on any atom is -0.350 e. The van der Waals surface area contributed by atoms with Crippen LogP contribution in [0, 0.1) is 11.2 Å². The Morgan fingerprint density at radius 3 is 2.24 bits per heavy atom. The molecule has 0 aromatic heterocycles. The van der Waals surface area contributed by atoms with E-state index in [2.05, 4.69) is 16.0 Å². The first-order valence-corrected chi connectivity index (χ1v) is 10.9. The van der Waals surface area contributed by atoms with Crippen LogP contribution >= 0.6 is 0 Å². The standard InChI is InChI=1S/C25H27FN4O4/c1-16(31)30-25(12-18-4-2-3-5-19(18)13-25)24(34)29-22(11-10-21(32)14-27)23(33)28-15-17-6-8-20(26)9-7-17/h2-9,14,22,27H,10-13,15H2,1H3,(H,28,33)(H,29,34)(H,30,31)/t22-/m0/s1. The van der Waals surface area contributed by atoms with Crippen molar-refractivity contribution in [1.29, 1.82) is 5.41 Å². The van der Waals surface area contributed by atoms with E-state index in [9.17, 15) is 23.6 Å². The van der Waals surface area contributed by atoms with E-state index in [1.54, 1.807) is 0 Å². The minimum atomic E-state index is -1.25. The van der Waals surface area contributed by atoms with Gasteiger partial charge in [-0.1, -0.05) is 36.4 Å². The number of hydrogen-bond donors (Lipinski definition) is 4. The molecule has 3 rings (SSSR count). The van der Waals surface area contributed by atoms with Gasteiger partial charge in [0.15, 0.2) is 5.78 Å². The van der Waals surface area contributed by atoms with Crippen LogP contribution in [0.25, 0.3) is 0 Å². The van der Waals surface area contributed by atoms with Gasteiger partial charge in [0.1, 0.15) is 17.4 Å². The summed E-state index contributed by atoms with van der Waals surface area (Å²) in [5, 5.41) is 15.3. The van der Waals surface area contributed by atoms with E-state index in [0.29, 0.717) is 11.8 Å². The van der Waals surface area contributed by atoms with Crippen molar-refractivity contribution < 1.29 is 23.6 Å². The van der Waals surface area contributed by atoms with Gasteiger partial charge >= 0.3 is 0 Å². The zero-order valence-electron chi connectivity index (χ0n) is 18.8. The van der Waals surface area contributed by atoms with E-state index in [1.807, 2.05) is 24.3 Å². The number of amides is 3. The summed E-state index contributed by atoms with van der Waals surface area (Å²) in [4.78, 5) is 50.0. The van der Waals surface area contributed by atoms with Gasteiger partial charge in [0, 0.05) is 32.7 Å². The van der Waals surface area contributed by atoms with Crippen molar-refractivity contribution in [3.05, 3.63) is 71.0 Å². The topological polar surface area (TPSA) is 128 Å². The summed E-state index contributed by atoms with van der Waals surface area (Å²) in [6, 6.07) is 12.0. The number of nitrogens with one attached hydrogen (secondary N) is 4. The van der Waals surface area contributed by atoms with Gasteiger partial charge in [-0.15, -0.1) is 0 Å². The van der Waals surface area contributed by atoms with Gasteiger partial charge in [-0.2, -0.15) is 0 Å². The summed E-state index contributed by atoms with van der Waals surface area (Å²) in [7, 11) is 0. The van der Waals surface area contributed by atoms with E-state index < -0.39 is 35.0 Å². The number of carbonyl (C=O) groups is 4. The highest BCUT2D eigenvalue weighted by molar-refractivity contribution is 6.26. The van der Waals surface area contributed by atoms with E-state index in [0.717, 1.165) is 11.1 Å². The van der Waals surface area contributed by atoms with Gasteiger partial charge in [0.05, 0.1) is 6.21 Å². The number of hydrogen-bond acceptors (Lipinski definition) is 5. The van der Waals surface area contributed by atoms with Crippen LogP contribution in [-0.4, -0.2) is 41.3 Å². The molecule has 0 radical (unpaired) electrons. The molecule has 3 amide bonds. The van der Waals surface area contributed by atoms with Crippen molar-refractivity contribution in [2.24, 2.45) is 0 Å². The van der Waals surface area contributed by atoms with Crippen molar-refractivity contribution in [3.63, 3.8) is 0 Å². The molecule has 178 valence electrons. The smallest absolute Gasteiger partial charge is 0.247 e. The molecule has 0 bridgehead atoms. The Kier molecular flexibility index (Phi) is 7.88. The van der Waals surface area contributed by atoms with Crippen molar-refractivity contribution in [2.45, 2.75) is 50.7 Å². The van der Waals surface area contributed by atoms with Crippen LogP contribution in [0.4, 0.5) is 4.39 Å². The predicted molar refractivity (Wildman–Crippen MR) is 124 cm³/mol. The second-order valence-electron chi connectivity index (χ2n) is 8.41. The first-order chi connectivity index (χ1) is 16.2. The molecule has 2 aromatic rings. The summed E-state index contributed by atoms with van der Waals surface area (Å²) in [5.74, 6) is -2.30. The number of halogens is 1. The SMILES string of the molecule is CC(=O)NC1(C(=O)N[C@@H](CCC(=O)C=N)C(=O)NCc2ccc(F)cc2)Cc2ccccc2C1. The molecule has 8 nitrogen and oxygen atoms in total. The average Bonchev–Trinajstić information content (AvgIpc) is 3.19. The molecule has 34 heavy (non-hydrogen) atoms. The zero-order valence-corrected chi connectivity index (χ0v) is 18.8. The molecule has 0 aliphatic heterocycles. The molecule has 1 aliphatic carbocycles. The highest BCUT2D eigenvalue weighted by atomic mass is 19.1. The number of Topliss-reactive ketones (excluding diaryl/α,β-unsaturated/α-hetero) is 1. The lowest BCUT2D eigenvalue weighted by Crippen LogP contribution is -2.62. The number of ketones is 1. The molecule has 0 saturated heterocycles.